The Kier molecular flexibility index (Phi) is 4.63. The van der Waals surface area contributed by atoms with Gasteiger partial charge in [0, 0.05) is 0 Å². The van der Waals surface area contributed by atoms with Crippen molar-refractivity contribution in [3.05, 3.63) is 24.3 Å². The van der Waals surface area contributed by atoms with Crippen LogP contribution in [0.25, 0.3) is 0 Å². The number of rotatable bonds is 5. The Labute approximate surface area is 152 Å². The molecule has 2 aliphatic heterocycles. The van der Waals surface area contributed by atoms with Crippen LogP contribution in [0, 0.1) is 11.8 Å². The molecule has 2 N–H and O–H groups in total. The van der Waals surface area contributed by atoms with Gasteiger partial charge in [-0.1, -0.05) is 0 Å². The van der Waals surface area contributed by atoms with E-state index in [1.54, 1.807) is 31.4 Å². The molecule has 9 heteroatoms. The number of carbonyl (C=O) groups is 2. The fourth-order valence-electron chi connectivity index (χ4n) is 2.95. The van der Waals surface area contributed by atoms with E-state index in [0.29, 0.717) is 11.5 Å². The van der Waals surface area contributed by atoms with Crippen molar-refractivity contribution in [2.24, 2.45) is 11.8 Å². The number of nitrogens with one attached hydrogen (secondary N) is 2. The summed E-state index contributed by atoms with van der Waals surface area (Å²) in [7, 11) is -2.84. The van der Waals surface area contributed by atoms with E-state index in [2.05, 4.69) is 10.2 Å². The van der Waals surface area contributed by atoms with Crippen LogP contribution < -0.4 is 19.4 Å². The van der Waals surface area contributed by atoms with E-state index >= 15 is 0 Å². The Bertz CT molecular complexity index is 684. The van der Waals surface area contributed by atoms with Gasteiger partial charge >= 0.3 is 152 Å². The predicted molar refractivity (Wildman–Crippen MR) is 96.2 cm³/mol. The molecule has 3 rings (SSSR count). The summed E-state index contributed by atoms with van der Waals surface area (Å²) in [4.78, 5) is 24.9. The summed E-state index contributed by atoms with van der Waals surface area (Å²) in [6.07, 6.45) is 0. The number of carbonyl (C=O) groups excluding carboxylic acids is 2. The molecule has 26 heavy (non-hydrogen) atoms. The SMILES string of the molecule is COc1ccc(OP23(N[C@@H](C(C)C)C(=O)O2)N[C@@H](C(C)C)C(=O)O3)cc1. The minimum absolute atomic E-state index is 0.0675. The van der Waals surface area contributed by atoms with Crippen molar-refractivity contribution in [1.29, 1.82) is 0 Å². The normalized spacial score (nSPS) is 27.9. The Balaban J connectivity index is 2.00. The second-order valence-corrected chi connectivity index (χ2v) is 10.0. The predicted octanol–water partition coefficient (Wildman–Crippen LogP) is 2.54. The quantitative estimate of drug-likeness (QED) is 0.748. The third-order valence-corrected chi connectivity index (χ3v) is 7.42. The van der Waals surface area contributed by atoms with Crippen LogP contribution in [0.4, 0.5) is 0 Å². The van der Waals surface area contributed by atoms with Crippen molar-refractivity contribution in [3.8, 4) is 11.5 Å². The maximum absolute atomic E-state index is 12.5. The molecule has 1 aromatic rings. The molecule has 2 saturated heterocycles. The first-order chi connectivity index (χ1) is 12.2. The molecule has 0 radical (unpaired) electrons. The summed E-state index contributed by atoms with van der Waals surface area (Å²) in [5.41, 5.74) is 0. The second-order valence-electron chi connectivity index (χ2n) is 7.17. The Morgan fingerprint density at radius 1 is 0.885 bits per heavy atom. The average molecular weight is 384 g/mol. The number of ether oxygens (including phenoxy) is 1. The van der Waals surface area contributed by atoms with Crippen molar-refractivity contribution >= 4 is 19.5 Å². The molecule has 0 aromatic heterocycles. The zero-order chi connectivity index (χ0) is 19.1. The van der Waals surface area contributed by atoms with Crippen LogP contribution in [0.5, 0.6) is 11.5 Å². The van der Waals surface area contributed by atoms with E-state index in [-0.39, 0.29) is 11.8 Å². The Morgan fingerprint density at radius 3 is 1.65 bits per heavy atom. The number of methoxy groups -OCH3 is 1. The zero-order valence-electron chi connectivity index (χ0n) is 15.5. The second kappa shape index (κ2) is 6.37. The number of hydrogen-bond donors (Lipinski definition) is 2. The van der Waals surface area contributed by atoms with Gasteiger partial charge in [-0.25, -0.2) is 0 Å². The van der Waals surface area contributed by atoms with Crippen LogP contribution in [0.2, 0.25) is 0 Å². The molecule has 2 heterocycles. The fraction of sp³-hybridized carbons (Fsp3) is 0.529. The molecule has 2 aliphatic rings. The molecule has 2 fully saturated rings. The maximum atomic E-state index is 12.5. The molecule has 2 atom stereocenters. The summed E-state index contributed by atoms with van der Waals surface area (Å²) >= 11 is 0. The molecule has 0 amide bonds. The molecular weight excluding hydrogens is 359 g/mol. The fourth-order valence-corrected chi connectivity index (χ4v) is 6.60. The molecule has 0 aliphatic carbocycles. The number of hydrogen-bond acceptors (Lipinski definition) is 8. The third-order valence-electron chi connectivity index (χ3n) is 4.41. The topological polar surface area (TPSA) is 95.1 Å². The monoisotopic (exact) mass is 384 g/mol. The number of benzene rings is 1. The van der Waals surface area contributed by atoms with Gasteiger partial charge < -0.3 is 0 Å². The summed E-state index contributed by atoms with van der Waals surface area (Å²) in [6.45, 7) is 7.51. The molecule has 1 spiro atoms. The molecule has 0 saturated carbocycles. The Hall–Kier alpha value is -1.89. The van der Waals surface area contributed by atoms with E-state index in [1.807, 2.05) is 27.7 Å². The van der Waals surface area contributed by atoms with Gasteiger partial charge in [0.2, 0.25) is 0 Å². The van der Waals surface area contributed by atoms with E-state index < -0.39 is 31.6 Å². The Morgan fingerprint density at radius 2 is 1.31 bits per heavy atom. The van der Waals surface area contributed by atoms with E-state index in [1.165, 1.54) is 0 Å². The van der Waals surface area contributed by atoms with Gasteiger partial charge in [-0.3, -0.25) is 0 Å². The van der Waals surface area contributed by atoms with Crippen LogP contribution in [0.15, 0.2) is 24.3 Å². The average Bonchev–Trinajstić information content (AvgIpc) is 3.02. The van der Waals surface area contributed by atoms with Crippen molar-refractivity contribution in [2.45, 2.75) is 39.8 Å². The first-order valence-corrected chi connectivity index (χ1v) is 10.6. The minimum atomic E-state index is -4.40. The van der Waals surface area contributed by atoms with Crippen LogP contribution >= 0.6 is 7.59 Å². The first-order valence-electron chi connectivity index (χ1n) is 8.58. The molecule has 8 nitrogen and oxygen atoms in total. The molecular formula is C17H25N2O6P. The van der Waals surface area contributed by atoms with Gasteiger partial charge in [0.05, 0.1) is 0 Å². The first kappa shape index (κ1) is 18.9. The molecule has 144 valence electrons. The van der Waals surface area contributed by atoms with E-state index in [0.717, 1.165) is 0 Å². The van der Waals surface area contributed by atoms with Crippen molar-refractivity contribution in [1.82, 2.24) is 10.2 Å². The van der Waals surface area contributed by atoms with Gasteiger partial charge in [-0.05, 0) is 0 Å². The molecule has 0 unspecified atom stereocenters. The summed E-state index contributed by atoms with van der Waals surface area (Å²) in [5, 5.41) is 6.15. The molecule has 1 aromatic carbocycles. The summed E-state index contributed by atoms with van der Waals surface area (Å²) in [6, 6.07) is 5.46. The van der Waals surface area contributed by atoms with E-state index in [9.17, 15) is 9.59 Å². The summed E-state index contributed by atoms with van der Waals surface area (Å²) in [5.74, 6) is -0.105. The van der Waals surface area contributed by atoms with Crippen LogP contribution in [0.1, 0.15) is 27.7 Å². The van der Waals surface area contributed by atoms with Crippen LogP contribution in [-0.4, -0.2) is 31.1 Å². The van der Waals surface area contributed by atoms with Crippen molar-refractivity contribution < 1.29 is 27.9 Å². The van der Waals surface area contributed by atoms with E-state index in [4.69, 9.17) is 18.3 Å². The van der Waals surface area contributed by atoms with Gasteiger partial charge in [0.1, 0.15) is 0 Å². The van der Waals surface area contributed by atoms with Crippen molar-refractivity contribution in [2.75, 3.05) is 7.11 Å². The summed E-state index contributed by atoms with van der Waals surface area (Å²) < 4.78 is 22.5. The van der Waals surface area contributed by atoms with Crippen LogP contribution in [0.3, 0.4) is 0 Å². The van der Waals surface area contributed by atoms with Gasteiger partial charge in [-0.15, -0.1) is 0 Å². The van der Waals surface area contributed by atoms with Gasteiger partial charge in [0.25, 0.3) is 0 Å². The zero-order valence-corrected chi connectivity index (χ0v) is 16.4. The van der Waals surface area contributed by atoms with Gasteiger partial charge in [-0.2, -0.15) is 0 Å². The van der Waals surface area contributed by atoms with Crippen molar-refractivity contribution in [3.63, 3.8) is 0 Å². The standard InChI is InChI=1S/C17H25N2O6P/c1-10(2)14-16(20)24-26(18-14,19-15(11(3)4)17(21)25-26)23-13-8-6-12(22-5)7-9-13/h6-11,14-15,18-19H,1-5H3/t14-,15-/m0/s1. The van der Waals surface area contributed by atoms with Crippen LogP contribution in [-0.2, 0) is 18.6 Å². The third kappa shape index (κ3) is 3.13. The van der Waals surface area contributed by atoms with Gasteiger partial charge in [0.15, 0.2) is 0 Å². The molecule has 0 bridgehead atoms.